The van der Waals surface area contributed by atoms with Gasteiger partial charge in [-0.25, -0.2) is 9.78 Å². The van der Waals surface area contributed by atoms with Crippen molar-refractivity contribution in [2.75, 3.05) is 12.3 Å². The SMILES string of the molecule is CCOC(=O)c1nc(C)n(C(C)CC2CC2)c1N. The molecule has 1 aliphatic rings. The number of aryl methyl sites for hydroxylation is 1. The lowest BCUT2D eigenvalue weighted by Gasteiger charge is -2.16. The standard InChI is InChI=1S/C13H21N3O2/c1-4-18-13(17)11-12(14)16(9(3)15-11)8(2)7-10-5-6-10/h8,10H,4-7,14H2,1-3H3. The van der Waals surface area contributed by atoms with Crippen LogP contribution in [-0.4, -0.2) is 22.1 Å². The van der Waals surface area contributed by atoms with Crippen molar-refractivity contribution >= 4 is 11.8 Å². The van der Waals surface area contributed by atoms with Gasteiger partial charge in [-0.2, -0.15) is 0 Å². The summed E-state index contributed by atoms with van der Waals surface area (Å²) in [7, 11) is 0. The summed E-state index contributed by atoms with van der Waals surface area (Å²) in [4.78, 5) is 16.0. The van der Waals surface area contributed by atoms with Gasteiger partial charge in [0.15, 0.2) is 5.69 Å². The molecule has 0 saturated heterocycles. The highest BCUT2D eigenvalue weighted by Gasteiger charge is 2.27. The zero-order chi connectivity index (χ0) is 13.3. The third-order valence-electron chi connectivity index (χ3n) is 3.41. The molecule has 0 amide bonds. The smallest absolute Gasteiger partial charge is 0.360 e. The molecule has 1 saturated carbocycles. The minimum absolute atomic E-state index is 0.247. The van der Waals surface area contributed by atoms with Crippen molar-refractivity contribution in [2.45, 2.75) is 46.1 Å². The molecule has 1 fully saturated rings. The van der Waals surface area contributed by atoms with E-state index in [0.717, 1.165) is 18.2 Å². The highest BCUT2D eigenvalue weighted by atomic mass is 16.5. The van der Waals surface area contributed by atoms with Gasteiger partial charge in [0, 0.05) is 6.04 Å². The van der Waals surface area contributed by atoms with Crippen LogP contribution in [0.2, 0.25) is 0 Å². The minimum Gasteiger partial charge on any atom is -0.461 e. The van der Waals surface area contributed by atoms with E-state index in [0.29, 0.717) is 12.4 Å². The Labute approximate surface area is 107 Å². The molecule has 18 heavy (non-hydrogen) atoms. The third-order valence-corrected chi connectivity index (χ3v) is 3.41. The number of carbonyl (C=O) groups is 1. The second-order valence-corrected chi connectivity index (χ2v) is 5.01. The highest BCUT2D eigenvalue weighted by molar-refractivity contribution is 5.92. The quantitative estimate of drug-likeness (QED) is 0.815. The number of carbonyl (C=O) groups excluding carboxylic acids is 1. The molecule has 1 aromatic heterocycles. The van der Waals surface area contributed by atoms with E-state index in [2.05, 4.69) is 11.9 Å². The summed E-state index contributed by atoms with van der Waals surface area (Å²) in [6.07, 6.45) is 3.72. The Balaban J connectivity index is 2.21. The summed E-state index contributed by atoms with van der Waals surface area (Å²) >= 11 is 0. The van der Waals surface area contributed by atoms with Crippen molar-refractivity contribution in [1.29, 1.82) is 0 Å². The maximum Gasteiger partial charge on any atom is 0.360 e. The van der Waals surface area contributed by atoms with Crippen LogP contribution < -0.4 is 5.73 Å². The molecule has 100 valence electrons. The minimum atomic E-state index is -0.435. The van der Waals surface area contributed by atoms with Crippen molar-refractivity contribution < 1.29 is 9.53 Å². The van der Waals surface area contributed by atoms with Crippen molar-refractivity contribution in [3.8, 4) is 0 Å². The summed E-state index contributed by atoms with van der Waals surface area (Å²) in [5.41, 5.74) is 6.28. The van der Waals surface area contributed by atoms with Gasteiger partial charge in [0.05, 0.1) is 6.61 Å². The fraction of sp³-hybridized carbons (Fsp3) is 0.692. The topological polar surface area (TPSA) is 70.1 Å². The van der Waals surface area contributed by atoms with Crippen LogP contribution in [0.4, 0.5) is 5.82 Å². The van der Waals surface area contributed by atoms with Gasteiger partial charge >= 0.3 is 5.97 Å². The van der Waals surface area contributed by atoms with Gasteiger partial charge in [0.1, 0.15) is 11.6 Å². The zero-order valence-electron chi connectivity index (χ0n) is 11.3. The summed E-state index contributed by atoms with van der Waals surface area (Å²) in [6, 6.07) is 0.285. The molecule has 0 spiro atoms. The molecule has 0 bridgehead atoms. The molecule has 5 heteroatoms. The Kier molecular flexibility index (Phi) is 3.59. The number of hydrogen-bond acceptors (Lipinski definition) is 4. The first-order valence-electron chi connectivity index (χ1n) is 6.56. The number of anilines is 1. The van der Waals surface area contributed by atoms with E-state index in [9.17, 15) is 4.79 Å². The van der Waals surface area contributed by atoms with Gasteiger partial charge in [0.25, 0.3) is 0 Å². The third kappa shape index (κ3) is 2.49. The monoisotopic (exact) mass is 251 g/mol. The number of aromatic nitrogens is 2. The number of ether oxygens (including phenoxy) is 1. The van der Waals surface area contributed by atoms with Gasteiger partial charge in [-0.05, 0) is 33.1 Å². The summed E-state index contributed by atoms with van der Waals surface area (Å²) in [5.74, 6) is 1.59. The number of esters is 1. The first kappa shape index (κ1) is 12.9. The average molecular weight is 251 g/mol. The predicted molar refractivity (Wildman–Crippen MR) is 69.4 cm³/mol. The molecule has 1 heterocycles. The zero-order valence-corrected chi connectivity index (χ0v) is 11.3. The molecular formula is C13H21N3O2. The normalized spacial score (nSPS) is 16.6. The summed E-state index contributed by atoms with van der Waals surface area (Å²) in [6.45, 7) is 6.11. The fourth-order valence-electron chi connectivity index (χ4n) is 2.41. The van der Waals surface area contributed by atoms with E-state index in [-0.39, 0.29) is 11.7 Å². The molecule has 2 rings (SSSR count). The summed E-state index contributed by atoms with van der Waals surface area (Å²) in [5, 5.41) is 0. The first-order chi connectivity index (χ1) is 8.54. The number of nitrogen functional groups attached to an aromatic ring is 1. The molecule has 0 aliphatic heterocycles. The number of hydrogen-bond donors (Lipinski definition) is 1. The van der Waals surface area contributed by atoms with E-state index in [1.54, 1.807) is 6.92 Å². The average Bonchev–Trinajstić information content (AvgIpc) is 3.04. The molecule has 5 nitrogen and oxygen atoms in total. The largest absolute Gasteiger partial charge is 0.461 e. The Morgan fingerprint density at radius 3 is 2.83 bits per heavy atom. The lowest BCUT2D eigenvalue weighted by Crippen LogP contribution is -2.13. The Morgan fingerprint density at radius 2 is 2.28 bits per heavy atom. The van der Waals surface area contributed by atoms with Crippen LogP contribution in [0.15, 0.2) is 0 Å². The van der Waals surface area contributed by atoms with Crippen LogP contribution >= 0.6 is 0 Å². The maximum absolute atomic E-state index is 11.7. The number of nitrogens with two attached hydrogens (primary N) is 1. The number of rotatable bonds is 5. The lowest BCUT2D eigenvalue weighted by molar-refractivity contribution is 0.0521. The van der Waals surface area contributed by atoms with Crippen LogP contribution in [-0.2, 0) is 4.74 Å². The number of nitrogens with zero attached hydrogens (tertiary/aromatic N) is 2. The Morgan fingerprint density at radius 1 is 1.61 bits per heavy atom. The van der Waals surface area contributed by atoms with Gasteiger partial charge < -0.3 is 15.0 Å². The van der Waals surface area contributed by atoms with Gasteiger partial charge in [-0.3, -0.25) is 0 Å². The molecule has 0 radical (unpaired) electrons. The molecule has 0 aromatic carbocycles. The van der Waals surface area contributed by atoms with E-state index in [1.165, 1.54) is 12.8 Å². The first-order valence-corrected chi connectivity index (χ1v) is 6.56. The summed E-state index contributed by atoms with van der Waals surface area (Å²) < 4.78 is 6.90. The number of imidazole rings is 1. The van der Waals surface area contributed by atoms with Gasteiger partial charge in [0.2, 0.25) is 0 Å². The Hall–Kier alpha value is -1.52. The van der Waals surface area contributed by atoms with Crippen molar-refractivity contribution in [3.63, 3.8) is 0 Å². The predicted octanol–water partition coefficient (Wildman–Crippen LogP) is 2.31. The van der Waals surface area contributed by atoms with E-state index < -0.39 is 5.97 Å². The molecular weight excluding hydrogens is 230 g/mol. The van der Waals surface area contributed by atoms with Crippen LogP contribution in [0.3, 0.4) is 0 Å². The lowest BCUT2D eigenvalue weighted by atomic mass is 10.1. The second-order valence-electron chi connectivity index (χ2n) is 5.01. The molecule has 1 unspecified atom stereocenters. The Bertz CT molecular complexity index is 449. The highest BCUT2D eigenvalue weighted by Crippen LogP contribution is 2.38. The van der Waals surface area contributed by atoms with Gasteiger partial charge in [-0.1, -0.05) is 12.8 Å². The van der Waals surface area contributed by atoms with Crippen LogP contribution in [0.1, 0.15) is 55.5 Å². The maximum atomic E-state index is 11.7. The van der Waals surface area contributed by atoms with Crippen molar-refractivity contribution in [1.82, 2.24) is 9.55 Å². The second kappa shape index (κ2) is 5.00. The molecule has 2 N–H and O–H groups in total. The van der Waals surface area contributed by atoms with E-state index >= 15 is 0 Å². The van der Waals surface area contributed by atoms with Gasteiger partial charge in [-0.15, -0.1) is 0 Å². The molecule has 1 aromatic rings. The van der Waals surface area contributed by atoms with Crippen LogP contribution in [0.25, 0.3) is 0 Å². The molecule has 1 atom stereocenters. The van der Waals surface area contributed by atoms with E-state index in [4.69, 9.17) is 10.5 Å². The van der Waals surface area contributed by atoms with E-state index in [1.807, 2.05) is 11.5 Å². The van der Waals surface area contributed by atoms with Crippen molar-refractivity contribution in [3.05, 3.63) is 11.5 Å². The fourth-order valence-corrected chi connectivity index (χ4v) is 2.41. The van der Waals surface area contributed by atoms with Crippen molar-refractivity contribution in [2.24, 2.45) is 5.92 Å². The van der Waals surface area contributed by atoms with Crippen LogP contribution in [0.5, 0.6) is 0 Å². The van der Waals surface area contributed by atoms with Crippen LogP contribution in [0, 0.1) is 12.8 Å². The molecule has 1 aliphatic carbocycles.